The smallest absolute Gasteiger partial charge is 0.306 e. The first-order valence-corrected chi connectivity index (χ1v) is 6.04. The molecule has 0 unspecified atom stereocenters. The maximum atomic E-state index is 11.9. The number of cyclic esters (lactones) is 1. The number of hydrogen-bond donors (Lipinski definition) is 1. The Bertz CT molecular complexity index is 453. The van der Waals surface area contributed by atoms with Gasteiger partial charge in [0, 0.05) is 18.0 Å². The molecule has 1 saturated heterocycles. The summed E-state index contributed by atoms with van der Waals surface area (Å²) in [5, 5.41) is 2.82. The molecule has 0 aliphatic carbocycles. The van der Waals surface area contributed by atoms with E-state index in [1.165, 1.54) is 0 Å². The molecule has 0 aromatic heterocycles. The number of benzene rings is 1. The van der Waals surface area contributed by atoms with Crippen LogP contribution in [0.2, 0.25) is 0 Å². The van der Waals surface area contributed by atoms with E-state index in [2.05, 4.69) is 5.32 Å². The summed E-state index contributed by atoms with van der Waals surface area (Å²) in [6.45, 7) is 3.69. The molecular weight excluding hydrogens is 230 g/mol. The molecule has 0 saturated carbocycles. The maximum absolute atomic E-state index is 11.9. The highest BCUT2D eigenvalue weighted by Gasteiger charge is 2.42. The van der Waals surface area contributed by atoms with E-state index >= 15 is 0 Å². The van der Waals surface area contributed by atoms with E-state index < -0.39 is 5.60 Å². The molecule has 4 heteroatoms. The molecule has 0 radical (unpaired) electrons. The van der Waals surface area contributed by atoms with Crippen molar-refractivity contribution < 1.29 is 14.3 Å². The number of ether oxygens (including phenoxy) is 1. The number of nitrogens with one attached hydrogen (secondary N) is 1. The fourth-order valence-electron chi connectivity index (χ4n) is 2.14. The summed E-state index contributed by atoms with van der Waals surface area (Å²) < 4.78 is 5.19. The lowest BCUT2D eigenvalue weighted by Crippen LogP contribution is -2.30. The predicted molar refractivity (Wildman–Crippen MR) is 68.0 cm³/mol. The normalized spacial score (nSPS) is 21.4. The molecule has 1 aromatic rings. The van der Waals surface area contributed by atoms with Crippen LogP contribution in [0.15, 0.2) is 30.3 Å². The van der Waals surface area contributed by atoms with Crippen LogP contribution in [0, 0.1) is 5.92 Å². The Morgan fingerprint density at radius 2 is 2.06 bits per heavy atom. The molecule has 1 amide bonds. The molecule has 0 bridgehead atoms. The largest absolute Gasteiger partial charge is 0.459 e. The van der Waals surface area contributed by atoms with E-state index in [1.807, 2.05) is 44.2 Å². The average molecular weight is 247 g/mol. The number of rotatable bonds is 3. The highest BCUT2D eigenvalue weighted by atomic mass is 16.6. The molecule has 2 rings (SSSR count). The summed E-state index contributed by atoms with van der Waals surface area (Å²) in [6.07, 6.45) is 0.614. The fourth-order valence-corrected chi connectivity index (χ4v) is 2.14. The Morgan fingerprint density at radius 1 is 1.39 bits per heavy atom. The van der Waals surface area contributed by atoms with E-state index in [0.29, 0.717) is 12.8 Å². The molecular formula is C14H17NO3. The van der Waals surface area contributed by atoms with E-state index in [-0.39, 0.29) is 17.8 Å². The second kappa shape index (κ2) is 4.80. The first-order chi connectivity index (χ1) is 8.47. The van der Waals surface area contributed by atoms with Crippen LogP contribution in [-0.2, 0) is 14.3 Å². The van der Waals surface area contributed by atoms with Crippen LogP contribution < -0.4 is 5.32 Å². The second-order valence-corrected chi connectivity index (χ2v) is 5.10. The first-order valence-electron chi connectivity index (χ1n) is 6.04. The average Bonchev–Trinajstić information content (AvgIpc) is 2.52. The van der Waals surface area contributed by atoms with Gasteiger partial charge < -0.3 is 10.1 Å². The van der Waals surface area contributed by atoms with Gasteiger partial charge in [0.05, 0.1) is 6.42 Å². The Kier molecular flexibility index (Phi) is 3.36. The van der Waals surface area contributed by atoms with Crippen molar-refractivity contribution in [2.45, 2.75) is 32.3 Å². The molecule has 1 fully saturated rings. The summed E-state index contributed by atoms with van der Waals surface area (Å²) in [5.41, 5.74) is 0.219. The zero-order valence-electron chi connectivity index (χ0n) is 10.6. The summed E-state index contributed by atoms with van der Waals surface area (Å²) in [5.74, 6) is -0.371. The van der Waals surface area contributed by atoms with Gasteiger partial charge in [0.1, 0.15) is 5.60 Å². The van der Waals surface area contributed by atoms with Gasteiger partial charge in [0.2, 0.25) is 5.91 Å². The third kappa shape index (κ3) is 2.88. The summed E-state index contributed by atoms with van der Waals surface area (Å²) in [7, 11) is 0. The van der Waals surface area contributed by atoms with Gasteiger partial charge in [-0.05, 0) is 26.0 Å². The van der Waals surface area contributed by atoms with Crippen LogP contribution in [0.1, 0.15) is 26.7 Å². The highest BCUT2D eigenvalue weighted by molar-refractivity contribution is 5.91. The molecule has 0 spiro atoms. The lowest BCUT2D eigenvalue weighted by Gasteiger charge is -2.24. The van der Waals surface area contributed by atoms with Crippen molar-refractivity contribution in [2.24, 2.45) is 5.92 Å². The molecule has 1 N–H and O–H groups in total. The lowest BCUT2D eigenvalue weighted by atomic mass is 9.87. The number of anilines is 1. The monoisotopic (exact) mass is 247 g/mol. The van der Waals surface area contributed by atoms with Crippen LogP contribution in [-0.4, -0.2) is 17.5 Å². The first kappa shape index (κ1) is 12.6. The number of amides is 1. The van der Waals surface area contributed by atoms with Crippen LogP contribution in [0.4, 0.5) is 5.69 Å². The topological polar surface area (TPSA) is 55.4 Å². The Labute approximate surface area is 106 Å². The van der Waals surface area contributed by atoms with Gasteiger partial charge in [-0.1, -0.05) is 18.2 Å². The highest BCUT2D eigenvalue weighted by Crippen LogP contribution is 2.34. The summed E-state index contributed by atoms with van der Waals surface area (Å²) >= 11 is 0. The van der Waals surface area contributed by atoms with Gasteiger partial charge in [-0.3, -0.25) is 9.59 Å². The number of carbonyl (C=O) groups excluding carboxylic acids is 2. The van der Waals surface area contributed by atoms with Crippen molar-refractivity contribution in [3.63, 3.8) is 0 Å². The minimum absolute atomic E-state index is 0.0614. The molecule has 1 atom stereocenters. The van der Waals surface area contributed by atoms with Gasteiger partial charge in [0.15, 0.2) is 0 Å². The molecule has 4 nitrogen and oxygen atoms in total. The van der Waals surface area contributed by atoms with Crippen LogP contribution in [0.5, 0.6) is 0 Å². The van der Waals surface area contributed by atoms with E-state index in [4.69, 9.17) is 4.74 Å². The van der Waals surface area contributed by atoms with E-state index in [1.54, 1.807) is 0 Å². The minimum atomic E-state index is -0.550. The van der Waals surface area contributed by atoms with Crippen molar-refractivity contribution in [2.75, 3.05) is 5.32 Å². The molecule has 1 aromatic carbocycles. The third-order valence-corrected chi connectivity index (χ3v) is 3.26. The van der Waals surface area contributed by atoms with Crippen molar-refractivity contribution in [1.29, 1.82) is 0 Å². The van der Waals surface area contributed by atoms with E-state index in [0.717, 1.165) is 5.69 Å². The summed E-state index contributed by atoms with van der Waals surface area (Å²) in [4.78, 5) is 23.1. The van der Waals surface area contributed by atoms with E-state index in [9.17, 15) is 9.59 Å². The molecule has 96 valence electrons. The van der Waals surface area contributed by atoms with Crippen molar-refractivity contribution in [1.82, 2.24) is 0 Å². The molecule has 1 aliphatic rings. The van der Waals surface area contributed by atoms with Gasteiger partial charge >= 0.3 is 5.97 Å². The quantitative estimate of drug-likeness (QED) is 0.834. The Morgan fingerprint density at radius 3 is 2.61 bits per heavy atom. The Balaban J connectivity index is 1.94. The zero-order valence-corrected chi connectivity index (χ0v) is 10.6. The predicted octanol–water partition coefficient (Wildman–Crippen LogP) is 2.36. The standard InChI is InChI=1S/C14H17NO3/c1-14(2)10(9-13(17)18-14)8-12(16)15-11-6-4-3-5-7-11/h3-7,10H,8-9H2,1-2H3,(H,15,16)/t10-/m0/s1. The number of esters is 1. The molecule has 18 heavy (non-hydrogen) atoms. The fraction of sp³-hybridized carbons (Fsp3) is 0.429. The van der Waals surface area contributed by atoms with Crippen LogP contribution in [0.3, 0.4) is 0 Å². The van der Waals surface area contributed by atoms with Crippen LogP contribution in [0.25, 0.3) is 0 Å². The number of carbonyl (C=O) groups is 2. The van der Waals surface area contributed by atoms with Gasteiger partial charge in [-0.2, -0.15) is 0 Å². The van der Waals surface area contributed by atoms with Crippen molar-refractivity contribution in [3.05, 3.63) is 30.3 Å². The second-order valence-electron chi connectivity index (χ2n) is 5.10. The van der Waals surface area contributed by atoms with Crippen LogP contribution >= 0.6 is 0 Å². The molecule has 1 heterocycles. The van der Waals surface area contributed by atoms with Crippen molar-refractivity contribution in [3.8, 4) is 0 Å². The minimum Gasteiger partial charge on any atom is -0.459 e. The van der Waals surface area contributed by atoms with Gasteiger partial charge in [-0.25, -0.2) is 0 Å². The lowest BCUT2D eigenvalue weighted by molar-refractivity contribution is -0.147. The molecule has 1 aliphatic heterocycles. The zero-order chi connectivity index (χ0) is 13.2. The SMILES string of the molecule is CC1(C)OC(=O)C[C@@H]1CC(=O)Nc1ccccc1. The third-order valence-electron chi connectivity index (χ3n) is 3.26. The van der Waals surface area contributed by atoms with Gasteiger partial charge in [-0.15, -0.1) is 0 Å². The number of para-hydroxylation sites is 1. The van der Waals surface area contributed by atoms with Gasteiger partial charge in [0.25, 0.3) is 0 Å². The summed E-state index contributed by atoms with van der Waals surface area (Å²) in [6, 6.07) is 9.28. The maximum Gasteiger partial charge on any atom is 0.306 e. The van der Waals surface area contributed by atoms with Crippen molar-refractivity contribution >= 4 is 17.6 Å². The number of hydrogen-bond acceptors (Lipinski definition) is 3. The Hall–Kier alpha value is -1.84.